The van der Waals surface area contributed by atoms with Crippen molar-refractivity contribution < 1.29 is 0 Å². The van der Waals surface area contributed by atoms with Crippen molar-refractivity contribution in [1.29, 1.82) is 0 Å². The van der Waals surface area contributed by atoms with Crippen LogP contribution in [0.1, 0.15) is 25.3 Å². The lowest BCUT2D eigenvalue weighted by molar-refractivity contribution is 0.257. The second-order valence-corrected chi connectivity index (χ2v) is 5.92. The van der Waals surface area contributed by atoms with Crippen LogP contribution in [0.15, 0.2) is 10.7 Å². The van der Waals surface area contributed by atoms with Gasteiger partial charge in [0.25, 0.3) is 0 Å². The molecule has 1 unspecified atom stereocenters. The van der Waals surface area contributed by atoms with Gasteiger partial charge in [0, 0.05) is 18.6 Å². The summed E-state index contributed by atoms with van der Waals surface area (Å²) < 4.78 is 0.962. The highest BCUT2D eigenvalue weighted by molar-refractivity contribution is 9.10. The average Bonchev–Trinajstić information content (AvgIpc) is 3.18. The number of nitrogens with one attached hydrogen (secondary N) is 1. The third-order valence-electron chi connectivity index (χ3n) is 3.69. The number of pyridine rings is 1. The van der Waals surface area contributed by atoms with Gasteiger partial charge in [-0.25, -0.2) is 4.98 Å². The molecule has 1 aromatic heterocycles. The van der Waals surface area contributed by atoms with Crippen molar-refractivity contribution in [3.05, 3.63) is 16.2 Å². The zero-order valence-electron chi connectivity index (χ0n) is 11.2. The number of halogens is 1. The number of nitrogen functional groups attached to an aromatic ring is 1. The van der Waals surface area contributed by atoms with Crippen LogP contribution in [0.2, 0.25) is 0 Å². The maximum Gasteiger partial charge on any atom is 0.140 e. The van der Waals surface area contributed by atoms with Crippen LogP contribution in [-0.2, 0) is 0 Å². The Morgan fingerprint density at radius 3 is 2.89 bits per heavy atom. The van der Waals surface area contributed by atoms with Gasteiger partial charge in [0.15, 0.2) is 0 Å². The molecule has 1 saturated carbocycles. The Labute approximate surface area is 117 Å². The highest BCUT2D eigenvalue weighted by atomic mass is 79.9. The van der Waals surface area contributed by atoms with Crippen molar-refractivity contribution in [1.82, 2.24) is 9.88 Å². The van der Waals surface area contributed by atoms with E-state index in [0.29, 0.717) is 6.04 Å². The number of hydrogen-bond donors (Lipinski definition) is 2. The van der Waals surface area contributed by atoms with Gasteiger partial charge < -0.3 is 11.1 Å². The maximum absolute atomic E-state index is 5.81. The summed E-state index contributed by atoms with van der Waals surface area (Å²) in [6.45, 7) is 5.12. The summed E-state index contributed by atoms with van der Waals surface area (Å²) in [6, 6.07) is 1.29. The van der Waals surface area contributed by atoms with Crippen LogP contribution in [0.25, 0.3) is 0 Å². The van der Waals surface area contributed by atoms with E-state index in [4.69, 9.17) is 5.73 Å². The van der Waals surface area contributed by atoms with Gasteiger partial charge in [-0.1, -0.05) is 0 Å². The van der Waals surface area contributed by atoms with Gasteiger partial charge in [0.05, 0.1) is 16.4 Å². The number of aromatic nitrogens is 1. The first-order valence-corrected chi connectivity index (χ1v) is 7.16. The predicted molar refractivity (Wildman–Crippen MR) is 79.8 cm³/mol. The molecule has 0 radical (unpaired) electrons. The van der Waals surface area contributed by atoms with E-state index in [9.17, 15) is 0 Å². The topological polar surface area (TPSA) is 54.2 Å². The standard InChI is InChI=1S/C13H21BrN4/c1-8(18(3)10-4-5-10)6-16-13-12(14)9(2)11(15)7-17-13/h7-8,10H,4-6,15H2,1-3H3,(H,16,17). The summed E-state index contributed by atoms with van der Waals surface area (Å²) in [6.07, 6.45) is 4.38. The summed E-state index contributed by atoms with van der Waals surface area (Å²) >= 11 is 3.54. The molecule has 0 aliphatic heterocycles. The van der Waals surface area contributed by atoms with E-state index >= 15 is 0 Å². The molecule has 1 heterocycles. The fourth-order valence-electron chi connectivity index (χ4n) is 1.95. The first kappa shape index (κ1) is 13.6. The van der Waals surface area contributed by atoms with Crippen LogP contribution >= 0.6 is 15.9 Å². The first-order chi connectivity index (χ1) is 8.50. The molecule has 0 aromatic carbocycles. The summed E-state index contributed by atoms with van der Waals surface area (Å²) in [5, 5.41) is 3.39. The number of nitrogens with two attached hydrogens (primary N) is 1. The molecule has 100 valence electrons. The van der Waals surface area contributed by atoms with Crippen LogP contribution in [0.3, 0.4) is 0 Å². The van der Waals surface area contributed by atoms with E-state index in [1.165, 1.54) is 12.8 Å². The number of nitrogens with zero attached hydrogens (tertiary/aromatic N) is 2. The molecule has 18 heavy (non-hydrogen) atoms. The second-order valence-electron chi connectivity index (χ2n) is 5.13. The normalized spacial score (nSPS) is 16.9. The number of hydrogen-bond acceptors (Lipinski definition) is 4. The van der Waals surface area contributed by atoms with Gasteiger partial charge in [-0.3, -0.25) is 4.90 Å². The molecule has 2 rings (SSSR count). The van der Waals surface area contributed by atoms with Crippen LogP contribution in [-0.4, -0.2) is 35.6 Å². The van der Waals surface area contributed by atoms with Crippen molar-refractivity contribution in [2.24, 2.45) is 0 Å². The summed E-state index contributed by atoms with van der Waals surface area (Å²) in [4.78, 5) is 6.76. The highest BCUT2D eigenvalue weighted by Gasteiger charge is 2.28. The average molecular weight is 313 g/mol. The highest BCUT2D eigenvalue weighted by Crippen LogP contribution is 2.29. The largest absolute Gasteiger partial charge is 0.397 e. The Morgan fingerprint density at radius 1 is 1.61 bits per heavy atom. The van der Waals surface area contributed by atoms with Gasteiger partial charge >= 0.3 is 0 Å². The van der Waals surface area contributed by atoms with Crippen LogP contribution in [0, 0.1) is 6.92 Å². The molecular formula is C13H21BrN4. The molecule has 1 aliphatic rings. The minimum atomic E-state index is 0.504. The van der Waals surface area contributed by atoms with Crippen molar-refractivity contribution in [3.63, 3.8) is 0 Å². The second kappa shape index (κ2) is 5.45. The smallest absolute Gasteiger partial charge is 0.140 e. The lowest BCUT2D eigenvalue weighted by Crippen LogP contribution is -2.36. The number of rotatable bonds is 5. The Morgan fingerprint density at radius 2 is 2.28 bits per heavy atom. The van der Waals surface area contributed by atoms with E-state index in [1.807, 2.05) is 6.92 Å². The fourth-order valence-corrected chi connectivity index (χ4v) is 2.42. The Hall–Kier alpha value is -0.810. The van der Waals surface area contributed by atoms with Crippen LogP contribution < -0.4 is 11.1 Å². The van der Waals surface area contributed by atoms with E-state index in [-0.39, 0.29) is 0 Å². The van der Waals surface area contributed by atoms with Crippen molar-refractivity contribution in [3.8, 4) is 0 Å². The molecule has 1 fully saturated rings. The zero-order chi connectivity index (χ0) is 13.3. The number of anilines is 2. The molecule has 0 bridgehead atoms. The van der Waals surface area contributed by atoms with Gasteiger partial charge in [-0.15, -0.1) is 0 Å². The molecule has 1 aromatic rings. The molecule has 5 heteroatoms. The Bertz CT molecular complexity index is 431. The molecule has 1 atom stereocenters. The van der Waals surface area contributed by atoms with Crippen molar-refractivity contribution in [2.45, 2.75) is 38.8 Å². The van der Waals surface area contributed by atoms with Gasteiger partial charge in [-0.05, 0) is 55.2 Å². The minimum absolute atomic E-state index is 0.504. The molecule has 4 nitrogen and oxygen atoms in total. The molecule has 1 aliphatic carbocycles. The summed E-state index contributed by atoms with van der Waals surface area (Å²) in [5.74, 6) is 0.873. The van der Waals surface area contributed by atoms with E-state index < -0.39 is 0 Å². The van der Waals surface area contributed by atoms with Crippen LogP contribution in [0.4, 0.5) is 11.5 Å². The summed E-state index contributed by atoms with van der Waals surface area (Å²) in [5.41, 5.74) is 7.57. The Kier molecular flexibility index (Phi) is 4.12. The Balaban J connectivity index is 1.95. The zero-order valence-corrected chi connectivity index (χ0v) is 12.8. The molecule has 0 saturated heterocycles. The molecule has 0 spiro atoms. The van der Waals surface area contributed by atoms with Gasteiger partial charge in [-0.2, -0.15) is 0 Å². The molecular weight excluding hydrogens is 292 g/mol. The van der Waals surface area contributed by atoms with E-state index in [1.54, 1.807) is 6.20 Å². The van der Waals surface area contributed by atoms with Gasteiger partial charge in [0.1, 0.15) is 5.82 Å². The first-order valence-electron chi connectivity index (χ1n) is 6.37. The van der Waals surface area contributed by atoms with Gasteiger partial charge in [0.2, 0.25) is 0 Å². The van der Waals surface area contributed by atoms with Crippen molar-refractivity contribution >= 4 is 27.4 Å². The lowest BCUT2D eigenvalue weighted by atomic mass is 10.2. The predicted octanol–water partition coefficient (Wildman–Crippen LogP) is 2.63. The SMILES string of the molecule is Cc1c(N)cnc(NCC(C)N(C)C2CC2)c1Br. The quantitative estimate of drug-likeness (QED) is 0.877. The summed E-state index contributed by atoms with van der Waals surface area (Å²) in [7, 11) is 2.20. The lowest BCUT2D eigenvalue weighted by Gasteiger charge is -2.25. The maximum atomic E-state index is 5.81. The van der Waals surface area contributed by atoms with Crippen LogP contribution in [0.5, 0.6) is 0 Å². The van der Waals surface area contributed by atoms with Crippen molar-refractivity contribution in [2.75, 3.05) is 24.6 Å². The van der Waals surface area contributed by atoms with E-state index in [0.717, 1.165) is 34.1 Å². The fraction of sp³-hybridized carbons (Fsp3) is 0.615. The monoisotopic (exact) mass is 312 g/mol. The molecule has 0 amide bonds. The molecule has 3 N–H and O–H groups in total. The third kappa shape index (κ3) is 2.95. The number of likely N-dealkylation sites (N-methyl/N-ethyl adjacent to an activating group) is 1. The third-order valence-corrected chi connectivity index (χ3v) is 4.66. The minimum Gasteiger partial charge on any atom is -0.397 e. The van der Waals surface area contributed by atoms with E-state index in [2.05, 4.69) is 45.1 Å².